The molecule has 122 valence electrons. The average molecular weight is 304 g/mol. The van der Waals surface area contributed by atoms with Gasteiger partial charge in [-0.25, -0.2) is 4.79 Å². The molecule has 0 saturated carbocycles. The molecule has 2 rings (SSSR count). The Morgan fingerprint density at radius 2 is 1.86 bits per heavy atom. The van der Waals surface area contributed by atoms with Gasteiger partial charge in [-0.1, -0.05) is 51.1 Å². The van der Waals surface area contributed by atoms with Crippen molar-refractivity contribution in [2.24, 2.45) is 5.41 Å². The number of hydrogen-bond donors (Lipinski definition) is 2. The molecule has 0 atom stereocenters. The summed E-state index contributed by atoms with van der Waals surface area (Å²) in [5, 5.41) is 13.8. The van der Waals surface area contributed by atoms with Gasteiger partial charge in [0.25, 0.3) is 0 Å². The van der Waals surface area contributed by atoms with Crippen LogP contribution in [0.3, 0.4) is 0 Å². The van der Waals surface area contributed by atoms with Crippen LogP contribution < -0.4 is 5.32 Å². The number of nitrogens with zero attached hydrogens (tertiary/aromatic N) is 1. The van der Waals surface area contributed by atoms with Gasteiger partial charge in [-0.15, -0.1) is 0 Å². The van der Waals surface area contributed by atoms with Gasteiger partial charge in [-0.3, -0.25) is 0 Å². The average Bonchev–Trinajstić information content (AvgIpc) is 2.54. The fourth-order valence-corrected chi connectivity index (χ4v) is 2.67. The summed E-state index contributed by atoms with van der Waals surface area (Å²) < 4.78 is 0. The van der Waals surface area contributed by atoms with Crippen molar-refractivity contribution in [3.05, 3.63) is 35.9 Å². The maximum Gasteiger partial charge on any atom is 0.317 e. The zero-order valence-corrected chi connectivity index (χ0v) is 13.9. The Morgan fingerprint density at radius 3 is 2.41 bits per heavy atom. The first-order chi connectivity index (χ1) is 10.4. The third kappa shape index (κ3) is 4.01. The number of urea groups is 1. The summed E-state index contributed by atoms with van der Waals surface area (Å²) in [6.07, 6.45) is 2.20. The van der Waals surface area contributed by atoms with E-state index in [4.69, 9.17) is 0 Å². The monoisotopic (exact) mass is 304 g/mol. The molecule has 1 aromatic carbocycles. The van der Waals surface area contributed by atoms with Gasteiger partial charge in [-0.05, 0) is 30.2 Å². The molecule has 0 bridgehead atoms. The molecule has 22 heavy (non-hydrogen) atoms. The molecule has 0 aliphatic carbocycles. The lowest BCUT2D eigenvalue weighted by Gasteiger charge is -2.39. The van der Waals surface area contributed by atoms with Gasteiger partial charge in [0, 0.05) is 19.6 Å². The van der Waals surface area contributed by atoms with Gasteiger partial charge in [0.15, 0.2) is 0 Å². The Kier molecular flexibility index (Phi) is 5.12. The highest BCUT2D eigenvalue weighted by Crippen LogP contribution is 2.32. The molecule has 1 aliphatic rings. The third-order valence-electron chi connectivity index (χ3n) is 4.86. The van der Waals surface area contributed by atoms with Crippen LogP contribution in [0, 0.1) is 5.41 Å². The summed E-state index contributed by atoms with van der Waals surface area (Å²) in [4.78, 5) is 14.1. The van der Waals surface area contributed by atoms with E-state index in [2.05, 4.69) is 26.1 Å². The number of carbonyl (C=O) groups excluding carboxylic acids is 1. The molecule has 1 aromatic rings. The quantitative estimate of drug-likeness (QED) is 0.898. The highest BCUT2D eigenvalue weighted by molar-refractivity contribution is 5.74. The Labute approximate surface area is 133 Å². The van der Waals surface area contributed by atoms with Crippen molar-refractivity contribution >= 4 is 6.03 Å². The first-order valence-corrected chi connectivity index (χ1v) is 8.17. The van der Waals surface area contributed by atoms with Crippen molar-refractivity contribution in [3.8, 4) is 0 Å². The molecule has 0 radical (unpaired) electrons. The van der Waals surface area contributed by atoms with Gasteiger partial charge in [0.2, 0.25) is 0 Å². The summed E-state index contributed by atoms with van der Waals surface area (Å²) in [5.74, 6) is 0. The summed E-state index contributed by atoms with van der Waals surface area (Å²) in [5.41, 5.74) is 0.263. The summed E-state index contributed by atoms with van der Waals surface area (Å²) in [6.45, 7) is 8.29. The molecule has 1 saturated heterocycles. The predicted octanol–water partition coefficient (Wildman–Crippen LogP) is 3.12. The first kappa shape index (κ1) is 16.8. The Balaban J connectivity index is 1.88. The van der Waals surface area contributed by atoms with Gasteiger partial charge in [-0.2, -0.15) is 0 Å². The van der Waals surface area contributed by atoms with Crippen LogP contribution in [0.1, 0.15) is 45.6 Å². The van der Waals surface area contributed by atoms with Gasteiger partial charge in [0.1, 0.15) is 0 Å². The number of aliphatic hydroxyl groups is 1. The third-order valence-corrected chi connectivity index (χ3v) is 4.86. The standard InChI is InChI=1S/C18H28N2O2/c1-4-17(2,3)14-19-16(21)20-12-10-18(22,11-13-20)15-8-6-5-7-9-15/h5-9,22H,4,10-14H2,1-3H3,(H,19,21). The van der Waals surface area contributed by atoms with Crippen LogP contribution in [0.2, 0.25) is 0 Å². The van der Waals surface area contributed by atoms with E-state index >= 15 is 0 Å². The molecular formula is C18H28N2O2. The molecule has 2 N–H and O–H groups in total. The van der Waals surface area contributed by atoms with E-state index in [0.29, 0.717) is 32.5 Å². The molecule has 0 spiro atoms. The highest BCUT2D eigenvalue weighted by atomic mass is 16.3. The Hall–Kier alpha value is -1.55. The number of benzene rings is 1. The van der Waals surface area contributed by atoms with Crippen LogP contribution in [0.4, 0.5) is 4.79 Å². The second kappa shape index (κ2) is 6.69. The normalized spacial score (nSPS) is 18.1. The van der Waals surface area contributed by atoms with E-state index in [-0.39, 0.29) is 11.4 Å². The van der Waals surface area contributed by atoms with E-state index in [1.807, 2.05) is 35.2 Å². The maximum atomic E-state index is 12.2. The van der Waals surface area contributed by atoms with Crippen molar-refractivity contribution in [1.29, 1.82) is 0 Å². The van der Waals surface area contributed by atoms with Gasteiger partial charge < -0.3 is 15.3 Å². The number of likely N-dealkylation sites (tertiary alicyclic amines) is 1. The number of nitrogens with one attached hydrogen (secondary N) is 1. The predicted molar refractivity (Wildman–Crippen MR) is 88.6 cm³/mol. The number of carbonyl (C=O) groups is 1. The van der Waals surface area contributed by atoms with Crippen LogP contribution in [-0.2, 0) is 5.60 Å². The van der Waals surface area contributed by atoms with Gasteiger partial charge >= 0.3 is 6.03 Å². The lowest BCUT2D eigenvalue weighted by Crippen LogP contribution is -2.50. The second-order valence-corrected chi connectivity index (χ2v) is 7.06. The van der Waals surface area contributed by atoms with E-state index < -0.39 is 5.60 Å². The topological polar surface area (TPSA) is 52.6 Å². The number of rotatable bonds is 4. The molecule has 4 heteroatoms. The van der Waals surface area contributed by atoms with E-state index in [0.717, 1.165) is 12.0 Å². The lowest BCUT2D eigenvalue weighted by molar-refractivity contribution is -0.0169. The number of amides is 2. The first-order valence-electron chi connectivity index (χ1n) is 8.17. The highest BCUT2D eigenvalue weighted by Gasteiger charge is 2.35. The molecule has 4 nitrogen and oxygen atoms in total. The zero-order chi connectivity index (χ0) is 16.2. The van der Waals surface area contributed by atoms with Crippen LogP contribution in [0.25, 0.3) is 0 Å². The largest absolute Gasteiger partial charge is 0.385 e. The lowest BCUT2D eigenvalue weighted by atomic mass is 9.84. The smallest absolute Gasteiger partial charge is 0.317 e. The SMILES string of the molecule is CCC(C)(C)CNC(=O)N1CCC(O)(c2ccccc2)CC1. The van der Waals surface area contributed by atoms with Crippen molar-refractivity contribution in [3.63, 3.8) is 0 Å². The van der Waals surface area contributed by atoms with Crippen molar-refractivity contribution in [2.75, 3.05) is 19.6 Å². The van der Waals surface area contributed by atoms with Gasteiger partial charge in [0.05, 0.1) is 5.60 Å². The van der Waals surface area contributed by atoms with Crippen LogP contribution in [0.15, 0.2) is 30.3 Å². The number of piperidine rings is 1. The van der Waals surface area contributed by atoms with Crippen LogP contribution in [-0.4, -0.2) is 35.7 Å². The van der Waals surface area contributed by atoms with E-state index in [1.54, 1.807) is 0 Å². The minimum atomic E-state index is -0.805. The van der Waals surface area contributed by atoms with E-state index in [1.165, 1.54) is 0 Å². The second-order valence-electron chi connectivity index (χ2n) is 7.06. The zero-order valence-electron chi connectivity index (χ0n) is 13.9. The fourth-order valence-electron chi connectivity index (χ4n) is 2.67. The van der Waals surface area contributed by atoms with E-state index in [9.17, 15) is 9.90 Å². The molecule has 1 heterocycles. The summed E-state index contributed by atoms with van der Waals surface area (Å²) in [6, 6.07) is 9.74. The minimum Gasteiger partial charge on any atom is -0.385 e. The Bertz CT molecular complexity index is 491. The van der Waals surface area contributed by atoms with Crippen LogP contribution in [0.5, 0.6) is 0 Å². The molecule has 1 aliphatic heterocycles. The van der Waals surface area contributed by atoms with Crippen molar-refractivity contribution in [1.82, 2.24) is 10.2 Å². The summed E-state index contributed by atoms with van der Waals surface area (Å²) >= 11 is 0. The van der Waals surface area contributed by atoms with Crippen molar-refractivity contribution in [2.45, 2.75) is 45.6 Å². The molecule has 2 amide bonds. The number of hydrogen-bond acceptors (Lipinski definition) is 2. The molecule has 0 unspecified atom stereocenters. The maximum absolute atomic E-state index is 12.2. The van der Waals surface area contributed by atoms with Crippen LogP contribution >= 0.6 is 0 Å². The summed E-state index contributed by atoms with van der Waals surface area (Å²) in [7, 11) is 0. The minimum absolute atomic E-state index is 0.0170. The fraction of sp³-hybridized carbons (Fsp3) is 0.611. The molecule has 0 aromatic heterocycles. The molecular weight excluding hydrogens is 276 g/mol. The Morgan fingerprint density at radius 1 is 1.27 bits per heavy atom. The molecule has 1 fully saturated rings. The van der Waals surface area contributed by atoms with Crippen molar-refractivity contribution < 1.29 is 9.90 Å².